The molecule has 0 saturated heterocycles. The van der Waals surface area contributed by atoms with E-state index in [1.165, 1.54) is 19.3 Å². The van der Waals surface area contributed by atoms with Crippen LogP contribution in [0.15, 0.2) is 18.3 Å². The molecule has 76 valence electrons. The van der Waals surface area contributed by atoms with Gasteiger partial charge in [-0.2, -0.15) is 0 Å². The van der Waals surface area contributed by atoms with Crippen molar-refractivity contribution in [3.8, 4) is 0 Å². The number of hydrogen-bond acceptors (Lipinski definition) is 2. The van der Waals surface area contributed by atoms with Crippen molar-refractivity contribution in [3.05, 3.63) is 24.0 Å². The van der Waals surface area contributed by atoms with Gasteiger partial charge >= 0.3 is 0 Å². The van der Waals surface area contributed by atoms with Gasteiger partial charge in [-0.25, -0.2) is 0 Å². The summed E-state index contributed by atoms with van der Waals surface area (Å²) in [6.07, 6.45) is 5.89. The standard InChI is InChI=1S/C12H18N2/c1-9-3-5-11(7-9)14-12-6-4-10(2)13-8-12/h4,6,8-9,11,14H,3,5,7H2,1-2H3/t9-,11+/m0/s1. The van der Waals surface area contributed by atoms with Gasteiger partial charge in [-0.3, -0.25) is 4.98 Å². The molecule has 0 bridgehead atoms. The zero-order valence-electron chi connectivity index (χ0n) is 8.96. The predicted molar refractivity (Wildman–Crippen MR) is 59.4 cm³/mol. The topological polar surface area (TPSA) is 24.9 Å². The Hall–Kier alpha value is -1.05. The predicted octanol–water partition coefficient (Wildman–Crippen LogP) is 2.99. The van der Waals surface area contributed by atoms with Crippen LogP contribution in [0, 0.1) is 12.8 Å². The highest BCUT2D eigenvalue weighted by Crippen LogP contribution is 2.27. The van der Waals surface area contributed by atoms with Crippen LogP contribution in [0.1, 0.15) is 31.9 Å². The van der Waals surface area contributed by atoms with Crippen LogP contribution < -0.4 is 5.32 Å². The van der Waals surface area contributed by atoms with E-state index in [0.29, 0.717) is 6.04 Å². The number of anilines is 1. The van der Waals surface area contributed by atoms with Crippen LogP contribution in [0.5, 0.6) is 0 Å². The van der Waals surface area contributed by atoms with Crippen LogP contribution in [-0.4, -0.2) is 11.0 Å². The Morgan fingerprint density at radius 2 is 2.21 bits per heavy atom. The van der Waals surface area contributed by atoms with Crippen LogP contribution in [0.2, 0.25) is 0 Å². The number of nitrogens with zero attached hydrogens (tertiary/aromatic N) is 1. The lowest BCUT2D eigenvalue weighted by Crippen LogP contribution is -2.15. The minimum atomic E-state index is 0.662. The Balaban J connectivity index is 1.94. The van der Waals surface area contributed by atoms with Crippen LogP contribution in [-0.2, 0) is 0 Å². The molecule has 2 rings (SSSR count). The third-order valence-corrected chi connectivity index (χ3v) is 2.98. The first-order chi connectivity index (χ1) is 6.74. The van der Waals surface area contributed by atoms with Gasteiger partial charge in [-0.1, -0.05) is 6.92 Å². The molecule has 1 saturated carbocycles. The zero-order chi connectivity index (χ0) is 9.97. The highest BCUT2D eigenvalue weighted by atomic mass is 14.9. The Morgan fingerprint density at radius 3 is 2.79 bits per heavy atom. The molecule has 1 heterocycles. The van der Waals surface area contributed by atoms with E-state index >= 15 is 0 Å². The number of hydrogen-bond donors (Lipinski definition) is 1. The quantitative estimate of drug-likeness (QED) is 0.775. The van der Waals surface area contributed by atoms with E-state index in [2.05, 4.69) is 29.4 Å². The van der Waals surface area contributed by atoms with E-state index in [0.717, 1.165) is 17.3 Å². The van der Waals surface area contributed by atoms with Gasteiger partial charge in [0.15, 0.2) is 0 Å². The fourth-order valence-electron chi connectivity index (χ4n) is 2.13. The van der Waals surface area contributed by atoms with E-state index in [4.69, 9.17) is 0 Å². The second kappa shape index (κ2) is 3.99. The Bertz CT molecular complexity index is 292. The van der Waals surface area contributed by atoms with E-state index in [1.807, 2.05) is 13.1 Å². The van der Waals surface area contributed by atoms with Crippen molar-refractivity contribution in [2.75, 3.05) is 5.32 Å². The number of rotatable bonds is 2. The maximum absolute atomic E-state index is 4.28. The maximum Gasteiger partial charge on any atom is 0.0529 e. The van der Waals surface area contributed by atoms with E-state index in [1.54, 1.807) is 0 Å². The van der Waals surface area contributed by atoms with Crippen molar-refractivity contribution >= 4 is 5.69 Å². The minimum absolute atomic E-state index is 0.662. The normalized spacial score (nSPS) is 26.4. The number of aryl methyl sites for hydroxylation is 1. The summed E-state index contributed by atoms with van der Waals surface area (Å²) < 4.78 is 0. The number of aromatic nitrogens is 1. The average molecular weight is 190 g/mol. The largest absolute Gasteiger partial charge is 0.381 e. The summed E-state index contributed by atoms with van der Waals surface area (Å²) in [7, 11) is 0. The molecule has 1 aromatic rings. The fraction of sp³-hybridized carbons (Fsp3) is 0.583. The SMILES string of the molecule is Cc1ccc(N[C@@H]2CC[C@H](C)C2)cn1. The first-order valence-corrected chi connectivity index (χ1v) is 5.43. The molecule has 0 radical (unpaired) electrons. The lowest BCUT2D eigenvalue weighted by Gasteiger charge is -2.13. The van der Waals surface area contributed by atoms with Crippen molar-refractivity contribution in [1.82, 2.24) is 4.98 Å². The molecule has 1 aliphatic carbocycles. The molecular formula is C12H18N2. The Kier molecular flexibility index (Phi) is 2.71. The zero-order valence-corrected chi connectivity index (χ0v) is 8.96. The molecule has 1 N–H and O–H groups in total. The molecule has 0 spiro atoms. The molecule has 2 nitrogen and oxygen atoms in total. The van der Waals surface area contributed by atoms with Gasteiger partial charge in [-0.15, -0.1) is 0 Å². The van der Waals surface area contributed by atoms with Crippen molar-refractivity contribution in [2.24, 2.45) is 5.92 Å². The van der Waals surface area contributed by atoms with Gasteiger partial charge < -0.3 is 5.32 Å². The molecule has 0 aromatic carbocycles. The molecular weight excluding hydrogens is 172 g/mol. The van der Waals surface area contributed by atoms with Gasteiger partial charge in [0.05, 0.1) is 11.9 Å². The lowest BCUT2D eigenvalue weighted by molar-refractivity contribution is 0.602. The second-order valence-corrected chi connectivity index (χ2v) is 4.45. The van der Waals surface area contributed by atoms with Crippen molar-refractivity contribution in [1.29, 1.82) is 0 Å². The van der Waals surface area contributed by atoms with Crippen LogP contribution in [0.4, 0.5) is 5.69 Å². The maximum atomic E-state index is 4.28. The van der Waals surface area contributed by atoms with Gasteiger partial charge in [-0.05, 0) is 44.2 Å². The minimum Gasteiger partial charge on any atom is -0.381 e. The molecule has 0 amide bonds. The molecule has 14 heavy (non-hydrogen) atoms. The second-order valence-electron chi connectivity index (χ2n) is 4.45. The van der Waals surface area contributed by atoms with Gasteiger partial charge in [0.1, 0.15) is 0 Å². The summed E-state index contributed by atoms with van der Waals surface area (Å²) in [6.45, 7) is 4.34. The highest BCUT2D eigenvalue weighted by molar-refractivity contribution is 5.42. The summed E-state index contributed by atoms with van der Waals surface area (Å²) in [4.78, 5) is 4.28. The summed E-state index contributed by atoms with van der Waals surface area (Å²) in [5.74, 6) is 0.880. The monoisotopic (exact) mass is 190 g/mol. The highest BCUT2D eigenvalue weighted by Gasteiger charge is 2.20. The Labute approximate surface area is 85.7 Å². The van der Waals surface area contributed by atoms with Crippen LogP contribution in [0.3, 0.4) is 0 Å². The van der Waals surface area contributed by atoms with E-state index in [-0.39, 0.29) is 0 Å². The van der Waals surface area contributed by atoms with E-state index in [9.17, 15) is 0 Å². The molecule has 1 fully saturated rings. The third kappa shape index (κ3) is 2.25. The summed E-state index contributed by atoms with van der Waals surface area (Å²) in [5, 5.41) is 3.54. The van der Waals surface area contributed by atoms with Crippen LogP contribution in [0.25, 0.3) is 0 Å². The lowest BCUT2D eigenvalue weighted by atomic mass is 10.1. The van der Waals surface area contributed by atoms with Gasteiger partial charge in [0.2, 0.25) is 0 Å². The summed E-state index contributed by atoms with van der Waals surface area (Å²) >= 11 is 0. The van der Waals surface area contributed by atoms with Gasteiger partial charge in [0.25, 0.3) is 0 Å². The fourth-order valence-corrected chi connectivity index (χ4v) is 2.13. The van der Waals surface area contributed by atoms with E-state index < -0.39 is 0 Å². The molecule has 0 unspecified atom stereocenters. The first kappa shape index (κ1) is 9.50. The molecule has 2 atom stereocenters. The van der Waals surface area contributed by atoms with Gasteiger partial charge in [0, 0.05) is 11.7 Å². The van der Waals surface area contributed by atoms with Crippen LogP contribution >= 0.6 is 0 Å². The average Bonchev–Trinajstić information content (AvgIpc) is 2.56. The molecule has 0 aliphatic heterocycles. The Morgan fingerprint density at radius 1 is 1.36 bits per heavy atom. The first-order valence-electron chi connectivity index (χ1n) is 5.43. The van der Waals surface area contributed by atoms with Crippen molar-refractivity contribution in [2.45, 2.75) is 39.2 Å². The molecule has 1 aromatic heterocycles. The van der Waals surface area contributed by atoms with Crippen molar-refractivity contribution < 1.29 is 0 Å². The smallest absolute Gasteiger partial charge is 0.0529 e. The summed E-state index contributed by atoms with van der Waals surface area (Å²) in [6, 6.07) is 4.83. The van der Waals surface area contributed by atoms with Crippen molar-refractivity contribution in [3.63, 3.8) is 0 Å². The third-order valence-electron chi connectivity index (χ3n) is 2.98. The summed E-state index contributed by atoms with van der Waals surface area (Å²) in [5.41, 5.74) is 2.24. The number of nitrogens with one attached hydrogen (secondary N) is 1. The molecule has 1 aliphatic rings. The number of pyridine rings is 1. The molecule has 2 heteroatoms.